The number of alkyl halides is 2. The Kier molecular flexibility index (Phi) is 9.59. The molecule has 3 aromatic carbocycles. The summed E-state index contributed by atoms with van der Waals surface area (Å²) in [4.78, 5) is 18.6. The van der Waals surface area contributed by atoms with Crippen molar-refractivity contribution in [2.75, 3.05) is 39.3 Å². The summed E-state index contributed by atoms with van der Waals surface area (Å²) in [6, 6.07) is 25.8. The van der Waals surface area contributed by atoms with E-state index in [0.29, 0.717) is 18.7 Å². The van der Waals surface area contributed by atoms with Gasteiger partial charge in [-0.2, -0.15) is 4.99 Å². The second-order valence-corrected chi connectivity index (χ2v) is 15.3. The molecule has 0 bridgehead atoms. The van der Waals surface area contributed by atoms with E-state index in [-0.39, 0.29) is 16.3 Å². The molecule has 5 nitrogen and oxygen atoms in total. The molecule has 0 aliphatic carbocycles. The van der Waals surface area contributed by atoms with Crippen LogP contribution in [0.2, 0.25) is 5.04 Å². The molecule has 0 aromatic heterocycles. The van der Waals surface area contributed by atoms with Crippen molar-refractivity contribution < 1.29 is 18.0 Å². The number of carbonyl (C=O) groups excluding carboxylic acids is 1. The standard InChI is InChI=1S/C31H37F2N3O2Si/c1-31(2,3)39(27-10-6-4-7-11-27,28-12-8-5-9-13-28)38-21-20-35-16-18-36(19-17-35)23-25-14-15-26(34-24-37)22-29(25)30(32)33/h4-15,22,30H,16-21,23H2,1-3H3. The zero-order chi connectivity index (χ0) is 27.9. The number of piperazine rings is 1. The van der Waals surface area contributed by atoms with Crippen LogP contribution >= 0.6 is 0 Å². The number of hydrogen-bond donors (Lipinski definition) is 0. The Morgan fingerprint density at radius 3 is 1.97 bits per heavy atom. The Bertz CT molecular complexity index is 1210. The summed E-state index contributed by atoms with van der Waals surface area (Å²) in [6.45, 7) is 12.0. The normalized spacial score (nSPS) is 15.3. The maximum absolute atomic E-state index is 13.7. The maximum Gasteiger partial charge on any atom is 0.264 e. The van der Waals surface area contributed by atoms with E-state index in [0.717, 1.165) is 32.7 Å². The molecule has 0 unspecified atom stereocenters. The van der Waals surface area contributed by atoms with Crippen molar-refractivity contribution in [3.8, 4) is 0 Å². The minimum absolute atomic E-state index is 0.0661. The summed E-state index contributed by atoms with van der Waals surface area (Å²) >= 11 is 0. The molecule has 0 radical (unpaired) electrons. The van der Waals surface area contributed by atoms with Crippen LogP contribution in [0.4, 0.5) is 14.5 Å². The molecule has 3 aromatic rings. The lowest BCUT2D eigenvalue weighted by Crippen LogP contribution is -2.67. The van der Waals surface area contributed by atoms with Gasteiger partial charge in [-0.3, -0.25) is 9.80 Å². The van der Waals surface area contributed by atoms with Crippen LogP contribution < -0.4 is 10.4 Å². The predicted molar refractivity (Wildman–Crippen MR) is 154 cm³/mol. The monoisotopic (exact) mass is 549 g/mol. The molecule has 8 heteroatoms. The molecule has 1 fully saturated rings. The predicted octanol–water partition coefficient (Wildman–Crippen LogP) is 5.29. The van der Waals surface area contributed by atoms with Gasteiger partial charge in [0.25, 0.3) is 14.7 Å². The summed E-state index contributed by atoms with van der Waals surface area (Å²) in [6.07, 6.45) is -1.21. The van der Waals surface area contributed by atoms with Gasteiger partial charge in [0.05, 0.1) is 5.69 Å². The lowest BCUT2D eigenvalue weighted by Gasteiger charge is -2.43. The van der Waals surface area contributed by atoms with Gasteiger partial charge in [-0.15, -0.1) is 0 Å². The smallest absolute Gasteiger partial charge is 0.264 e. The summed E-state index contributed by atoms with van der Waals surface area (Å²) in [7, 11) is -2.57. The van der Waals surface area contributed by atoms with Gasteiger partial charge in [0.2, 0.25) is 6.08 Å². The number of isocyanates is 1. The Labute approximate surface area is 231 Å². The third-order valence-electron chi connectivity index (χ3n) is 7.54. The molecule has 0 atom stereocenters. The van der Waals surface area contributed by atoms with Crippen molar-refractivity contribution in [2.45, 2.75) is 38.8 Å². The Morgan fingerprint density at radius 1 is 0.897 bits per heavy atom. The van der Waals surface area contributed by atoms with Gasteiger partial charge in [-0.05, 0) is 33.1 Å². The van der Waals surface area contributed by atoms with Crippen molar-refractivity contribution >= 4 is 30.5 Å². The molecule has 0 spiro atoms. The van der Waals surface area contributed by atoms with Gasteiger partial charge in [0, 0.05) is 51.4 Å². The van der Waals surface area contributed by atoms with Gasteiger partial charge >= 0.3 is 0 Å². The Hall–Kier alpha value is -3.00. The van der Waals surface area contributed by atoms with Crippen LogP contribution in [0.3, 0.4) is 0 Å². The molecular formula is C31H37F2N3O2Si. The third-order valence-corrected chi connectivity index (χ3v) is 12.6. The van der Waals surface area contributed by atoms with E-state index in [9.17, 15) is 13.6 Å². The quantitative estimate of drug-likeness (QED) is 0.196. The van der Waals surface area contributed by atoms with Gasteiger partial charge in [0.15, 0.2) is 0 Å². The summed E-state index contributed by atoms with van der Waals surface area (Å²) in [5, 5.41) is 2.48. The highest BCUT2D eigenvalue weighted by atomic mass is 28.4. The van der Waals surface area contributed by atoms with Crippen molar-refractivity contribution in [3.63, 3.8) is 0 Å². The molecular weight excluding hydrogens is 512 g/mol. The topological polar surface area (TPSA) is 45.1 Å². The van der Waals surface area contributed by atoms with Crippen LogP contribution in [-0.4, -0.2) is 63.5 Å². The van der Waals surface area contributed by atoms with Crippen LogP contribution in [0, 0.1) is 0 Å². The molecule has 0 amide bonds. The van der Waals surface area contributed by atoms with E-state index in [1.807, 2.05) is 12.1 Å². The van der Waals surface area contributed by atoms with Crippen molar-refractivity contribution in [1.82, 2.24) is 9.80 Å². The first-order valence-corrected chi connectivity index (χ1v) is 15.3. The highest BCUT2D eigenvalue weighted by Gasteiger charge is 2.50. The number of rotatable bonds is 10. The van der Waals surface area contributed by atoms with Crippen LogP contribution in [0.15, 0.2) is 83.9 Å². The fraction of sp³-hybridized carbons (Fsp3) is 0.387. The number of halogens is 2. The van der Waals surface area contributed by atoms with E-state index in [1.165, 1.54) is 22.5 Å². The first kappa shape index (κ1) is 29.0. The van der Waals surface area contributed by atoms with Crippen molar-refractivity contribution in [1.29, 1.82) is 0 Å². The fourth-order valence-corrected chi connectivity index (χ4v) is 10.1. The summed E-state index contributed by atoms with van der Waals surface area (Å²) < 4.78 is 34.3. The lowest BCUT2D eigenvalue weighted by molar-refractivity contribution is 0.108. The van der Waals surface area contributed by atoms with Crippen LogP contribution in [-0.2, 0) is 15.8 Å². The van der Waals surface area contributed by atoms with Gasteiger partial charge in [-0.1, -0.05) is 87.5 Å². The van der Waals surface area contributed by atoms with E-state index >= 15 is 0 Å². The van der Waals surface area contributed by atoms with E-state index < -0.39 is 14.7 Å². The number of aliphatic imine (C=N–C) groups is 1. The van der Waals surface area contributed by atoms with Crippen LogP contribution in [0.25, 0.3) is 0 Å². The Morgan fingerprint density at radius 2 is 1.46 bits per heavy atom. The molecule has 1 saturated heterocycles. The Balaban J connectivity index is 1.40. The van der Waals surface area contributed by atoms with Crippen molar-refractivity contribution in [3.05, 3.63) is 90.0 Å². The second kappa shape index (κ2) is 12.9. The molecule has 1 aliphatic rings. The number of hydrogen-bond acceptors (Lipinski definition) is 5. The molecule has 0 saturated carbocycles. The zero-order valence-electron chi connectivity index (χ0n) is 22.9. The van der Waals surface area contributed by atoms with Gasteiger partial charge in [0.1, 0.15) is 0 Å². The SMILES string of the molecule is CC(C)(C)[Si](OCCN1CCN(Cc2ccc(N=C=O)cc2C(F)F)CC1)(c1ccccc1)c1ccccc1. The van der Waals surface area contributed by atoms with Crippen molar-refractivity contribution in [2.24, 2.45) is 4.99 Å². The highest BCUT2D eigenvalue weighted by Crippen LogP contribution is 2.36. The molecule has 4 rings (SSSR count). The number of nitrogens with zero attached hydrogens (tertiary/aromatic N) is 3. The average molecular weight is 550 g/mol. The molecule has 206 valence electrons. The number of benzene rings is 3. The van der Waals surface area contributed by atoms with E-state index in [2.05, 4.69) is 84.1 Å². The maximum atomic E-state index is 13.7. The van der Waals surface area contributed by atoms with Crippen LogP contribution in [0.5, 0.6) is 0 Å². The first-order valence-electron chi connectivity index (χ1n) is 13.4. The van der Waals surface area contributed by atoms with Gasteiger partial charge < -0.3 is 4.43 Å². The zero-order valence-corrected chi connectivity index (χ0v) is 23.9. The molecule has 1 heterocycles. The minimum atomic E-state index is -2.62. The molecule has 1 aliphatic heterocycles. The van der Waals surface area contributed by atoms with E-state index in [4.69, 9.17) is 4.43 Å². The highest BCUT2D eigenvalue weighted by molar-refractivity contribution is 6.99. The minimum Gasteiger partial charge on any atom is -0.406 e. The second-order valence-electron chi connectivity index (χ2n) is 11.0. The summed E-state index contributed by atoms with van der Waals surface area (Å²) in [5.41, 5.74) is 0.695. The largest absolute Gasteiger partial charge is 0.406 e. The fourth-order valence-electron chi connectivity index (χ4n) is 5.55. The molecule has 39 heavy (non-hydrogen) atoms. The molecule has 0 N–H and O–H groups in total. The summed E-state index contributed by atoms with van der Waals surface area (Å²) in [5.74, 6) is 0. The lowest BCUT2D eigenvalue weighted by atomic mass is 10.1. The van der Waals surface area contributed by atoms with Gasteiger partial charge in [-0.25, -0.2) is 13.6 Å². The first-order chi connectivity index (χ1) is 18.7. The van der Waals surface area contributed by atoms with Crippen LogP contribution in [0.1, 0.15) is 38.3 Å². The average Bonchev–Trinajstić information content (AvgIpc) is 2.93. The third kappa shape index (κ3) is 6.77. The van der Waals surface area contributed by atoms with E-state index in [1.54, 1.807) is 12.1 Å².